The van der Waals surface area contributed by atoms with Crippen molar-refractivity contribution >= 4 is 39.8 Å². The fourth-order valence-electron chi connectivity index (χ4n) is 2.17. The van der Waals surface area contributed by atoms with Crippen molar-refractivity contribution in [2.24, 2.45) is 5.73 Å². The maximum Gasteiger partial charge on any atom is 0.226 e. The molecule has 116 valence electrons. The predicted octanol–water partition coefficient (Wildman–Crippen LogP) is 2.71. The van der Waals surface area contributed by atoms with Gasteiger partial charge in [-0.25, -0.2) is 9.37 Å². The molecule has 0 saturated heterocycles. The lowest BCUT2D eigenvalue weighted by atomic mass is 10.2. The molecule has 0 aliphatic rings. The molecule has 22 heavy (non-hydrogen) atoms. The third-order valence-corrected chi connectivity index (χ3v) is 4.00. The van der Waals surface area contributed by atoms with Crippen LogP contribution in [0.2, 0.25) is 5.28 Å². The van der Waals surface area contributed by atoms with Gasteiger partial charge in [-0.15, -0.1) is 11.3 Å². The van der Waals surface area contributed by atoms with Gasteiger partial charge in [0.1, 0.15) is 16.5 Å². The van der Waals surface area contributed by atoms with Gasteiger partial charge in [0.2, 0.25) is 5.28 Å². The summed E-state index contributed by atoms with van der Waals surface area (Å²) in [4.78, 5) is 15.2. The third kappa shape index (κ3) is 3.03. The van der Waals surface area contributed by atoms with E-state index in [-0.39, 0.29) is 16.7 Å². The highest BCUT2D eigenvalue weighted by atomic mass is 35.5. The first-order valence-corrected chi connectivity index (χ1v) is 7.91. The third-order valence-electron chi connectivity index (χ3n) is 3.05. The van der Waals surface area contributed by atoms with Gasteiger partial charge in [0.05, 0.1) is 17.6 Å². The van der Waals surface area contributed by atoms with Crippen molar-refractivity contribution in [2.45, 2.75) is 25.9 Å². The van der Waals surface area contributed by atoms with E-state index < -0.39 is 5.82 Å². The summed E-state index contributed by atoms with van der Waals surface area (Å²) in [6.07, 6.45) is 2.09. The Kier molecular flexibility index (Phi) is 4.23. The lowest BCUT2D eigenvalue weighted by Crippen LogP contribution is -2.18. The molecule has 3 rings (SSSR count). The summed E-state index contributed by atoms with van der Waals surface area (Å²) in [5, 5.41) is 6.13. The Morgan fingerprint density at radius 1 is 1.50 bits per heavy atom. The van der Waals surface area contributed by atoms with Crippen LogP contribution in [0.5, 0.6) is 0 Å². The van der Waals surface area contributed by atoms with Crippen molar-refractivity contribution in [3.05, 3.63) is 33.4 Å². The molecule has 0 radical (unpaired) electrons. The minimum Gasteiger partial charge on any atom is -0.363 e. The molecular formula is C13H14ClFN6S. The first-order valence-electron chi connectivity index (χ1n) is 6.66. The van der Waals surface area contributed by atoms with Crippen molar-refractivity contribution in [1.82, 2.24) is 19.9 Å². The highest BCUT2D eigenvalue weighted by Crippen LogP contribution is 2.28. The topological polar surface area (TPSA) is 92.5 Å². The van der Waals surface area contributed by atoms with Gasteiger partial charge in [0.25, 0.3) is 0 Å². The summed E-state index contributed by atoms with van der Waals surface area (Å²) in [6.45, 7) is 2.25. The smallest absolute Gasteiger partial charge is 0.226 e. The van der Waals surface area contributed by atoms with Gasteiger partial charge in [-0.3, -0.25) is 0 Å². The highest BCUT2D eigenvalue weighted by Gasteiger charge is 2.19. The summed E-state index contributed by atoms with van der Waals surface area (Å²) < 4.78 is 14.6. The summed E-state index contributed by atoms with van der Waals surface area (Å²) in [7, 11) is 0. The van der Waals surface area contributed by atoms with Gasteiger partial charge in [-0.05, 0) is 18.5 Å². The van der Waals surface area contributed by atoms with Crippen LogP contribution in [-0.2, 0) is 13.0 Å². The Bertz CT molecular complexity index is 786. The first kappa shape index (κ1) is 15.1. The number of anilines is 1. The molecule has 0 aliphatic carbocycles. The number of H-pyrrole nitrogens is 1. The van der Waals surface area contributed by atoms with Crippen molar-refractivity contribution in [2.75, 3.05) is 5.32 Å². The second kappa shape index (κ2) is 6.15. The summed E-state index contributed by atoms with van der Waals surface area (Å²) in [5.41, 5.74) is 6.49. The molecule has 4 N–H and O–H groups in total. The number of nitrogens with one attached hydrogen (secondary N) is 2. The molecule has 3 aromatic heterocycles. The van der Waals surface area contributed by atoms with Gasteiger partial charge in [-0.2, -0.15) is 9.97 Å². The van der Waals surface area contributed by atoms with Crippen LogP contribution in [0.4, 0.5) is 10.2 Å². The number of hydrogen-bond acceptors (Lipinski definition) is 6. The Morgan fingerprint density at radius 3 is 3.00 bits per heavy atom. The lowest BCUT2D eigenvalue weighted by Gasteiger charge is -2.05. The second-order valence-corrected chi connectivity index (χ2v) is 6.26. The summed E-state index contributed by atoms with van der Waals surface area (Å²) in [5.74, 6) is -0.0551. The fourth-order valence-corrected chi connectivity index (χ4v) is 2.90. The zero-order valence-electron chi connectivity index (χ0n) is 11.7. The van der Waals surface area contributed by atoms with Crippen molar-refractivity contribution in [1.29, 1.82) is 0 Å². The quantitative estimate of drug-likeness (QED) is 0.621. The molecule has 9 heteroatoms. The molecule has 0 aliphatic heterocycles. The number of rotatable bonds is 5. The number of aromatic amines is 1. The van der Waals surface area contributed by atoms with E-state index >= 15 is 0 Å². The molecule has 3 aromatic rings. The zero-order valence-corrected chi connectivity index (χ0v) is 13.3. The van der Waals surface area contributed by atoms with E-state index in [4.69, 9.17) is 17.3 Å². The maximum atomic E-state index is 14.6. The van der Waals surface area contributed by atoms with E-state index in [9.17, 15) is 4.39 Å². The predicted molar refractivity (Wildman–Crippen MR) is 85.7 cm³/mol. The van der Waals surface area contributed by atoms with Gasteiger partial charge in [-0.1, -0.05) is 0 Å². The second-order valence-electron chi connectivity index (χ2n) is 4.94. The van der Waals surface area contributed by atoms with Crippen LogP contribution in [-0.4, -0.2) is 26.0 Å². The standard InChI is InChI=1S/C13H14ClFN6S/c1-6(16)4-7-10(15)9-11(18-5-8-17-2-3-22-8)20-13(14)21-12(9)19-7/h2-3,6H,4-5,16H2,1H3,(H2,18,19,20,21). The molecule has 1 unspecified atom stereocenters. The normalized spacial score (nSPS) is 12.7. The molecule has 0 spiro atoms. The van der Waals surface area contributed by atoms with Gasteiger partial charge >= 0.3 is 0 Å². The summed E-state index contributed by atoms with van der Waals surface area (Å²) >= 11 is 7.41. The zero-order chi connectivity index (χ0) is 15.7. The molecule has 0 aromatic carbocycles. The molecule has 0 fully saturated rings. The van der Waals surface area contributed by atoms with Crippen LogP contribution < -0.4 is 11.1 Å². The molecule has 0 bridgehead atoms. The number of thiazole rings is 1. The number of halogens is 2. The number of aromatic nitrogens is 4. The Hall–Kier alpha value is -1.77. The fraction of sp³-hybridized carbons (Fsp3) is 0.308. The van der Waals surface area contributed by atoms with Crippen LogP contribution in [0, 0.1) is 5.82 Å². The van der Waals surface area contributed by atoms with Crippen molar-refractivity contribution in [3.8, 4) is 0 Å². The monoisotopic (exact) mass is 340 g/mol. The van der Waals surface area contributed by atoms with Gasteiger partial charge < -0.3 is 16.0 Å². The van der Waals surface area contributed by atoms with E-state index in [0.717, 1.165) is 5.01 Å². The van der Waals surface area contributed by atoms with Gasteiger partial charge in [0, 0.05) is 24.0 Å². The molecule has 6 nitrogen and oxygen atoms in total. The Morgan fingerprint density at radius 2 is 2.32 bits per heavy atom. The number of nitrogens with zero attached hydrogens (tertiary/aromatic N) is 3. The Labute approximate surface area is 134 Å². The summed E-state index contributed by atoms with van der Waals surface area (Å²) in [6, 6.07) is -0.169. The first-order chi connectivity index (χ1) is 10.5. The SMILES string of the molecule is CC(N)Cc1[nH]c2nc(Cl)nc(NCc3nccs3)c2c1F. The average molecular weight is 341 g/mol. The average Bonchev–Trinajstić information content (AvgIpc) is 3.05. The Balaban J connectivity index is 1.99. The van der Waals surface area contributed by atoms with E-state index in [2.05, 4.69) is 25.3 Å². The van der Waals surface area contributed by atoms with E-state index in [1.165, 1.54) is 11.3 Å². The molecule has 1 atom stereocenters. The van der Waals surface area contributed by atoms with Crippen LogP contribution in [0.3, 0.4) is 0 Å². The number of fused-ring (bicyclic) bond motifs is 1. The number of hydrogen-bond donors (Lipinski definition) is 3. The van der Waals surface area contributed by atoms with Crippen LogP contribution in [0.1, 0.15) is 17.6 Å². The van der Waals surface area contributed by atoms with E-state index in [1.54, 1.807) is 6.20 Å². The lowest BCUT2D eigenvalue weighted by molar-refractivity contribution is 0.602. The molecule has 0 saturated carbocycles. The highest BCUT2D eigenvalue weighted by molar-refractivity contribution is 7.09. The minimum absolute atomic E-state index is 0.0442. The maximum absolute atomic E-state index is 14.6. The van der Waals surface area contributed by atoms with Crippen LogP contribution >= 0.6 is 22.9 Å². The van der Waals surface area contributed by atoms with Crippen LogP contribution in [0.15, 0.2) is 11.6 Å². The molecule has 0 amide bonds. The van der Waals surface area contributed by atoms with E-state index in [1.807, 2.05) is 12.3 Å². The molecular weight excluding hydrogens is 327 g/mol. The van der Waals surface area contributed by atoms with Crippen molar-refractivity contribution in [3.63, 3.8) is 0 Å². The van der Waals surface area contributed by atoms with Crippen molar-refractivity contribution < 1.29 is 4.39 Å². The minimum atomic E-state index is -0.398. The molecule has 3 heterocycles. The van der Waals surface area contributed by atoms with Gasteiger partial charge in [0.15, 0.2) is 5.82 Å². The largest absolute Gasteiger partial charge is 0.363 e. The van der Waals surface area contributed by atoms with E-state index in [0.29, 0.717) is 30.1 Å². The van der Waals surface area contributed by atoms with Crippen LogP contribution in [0.25, 0.3) is 11.0 Å². The number of nitrogens with two attached hydrogens (primary N) is 1.